The van der Waals surface area contributed by atoms with Gasteiger partial charge in [-0.2, -0.15) is 13.2 Å². The van der Waals surface area contributed by atoms with Gasteiger partial charge in [0.1, 0.15) is 0 Å². The summed E-state index contributed by atoms with van der Waals surface area (Å²) in [6, 6.07) is 18.4. The number of aromatic nitrogens is 3. The fraction of sp³-hybridized carbons (Fsp3) is 0.0385. The first-order valence-corrected chi connectivity index (χ1v) is 11.3. The third kappa shape index (κ3) is 5.49. The van der Waals surface area contributed by atoms with Crippen molar-refractivity contribution in [1.29, 1.82) is 0 Å². The van der Waals surface area contributed by atoms with Crippen LogP contribution < -0.4 is 16.0 Å². The molecule has 2 heterocycles. The predicted octanol–water partition coefficient (Wildman–Crippen LogP) is 7.46. The van der Waals surface area contributed by atoms with Crippen molar-refractivity contribution >= 4 is 46.2 Å². The number of alkyl halides is 3. The maximum Gasteiger partial charge on any atom is 0.416 e. The number of carbonyl (C=O) groups is 1. The highest BCUT2D eigenvalue weighted by Crippen LogP contribution is 2.34. The number of hydrogen-bond acceptors (Lipinski definition) is 4. The number of benzene rings is 3. The first kappa shape index (κ1) is 24.1. The first-order chi connectivity index (χ1) is 17.8. The number of amides is 2. The van der Waals surface area contributed by atoms with Gasteiger partial charge in [-0.15, -0.1) is 0 Å². The summed E-state index contributed by atoms with van der Waals surface area (Å²) in [5, 5.41) is 8.24. The largest absolute Gasteiger partial charge is 0.416 e. The maximum absolute atomic E-state index is 13.0. The van der Waals surface area contributed by atoms with Gasteiger partial charge in [-0.3, -0.25) is 0 Å². The first-order valence-electron chi connectivity index (χ1n) is 11.0. The van der Waals surface area contributed by atoms with E-state index in [9.17, 15) is 18.0 Å². The van der Waals surface area contributed by atoms with E-state index in [0.717, 1.165) is 23.9 Å². The van der Waals surface area contributed by atoms with Crippen LogP contribution >= 0.6 is 11.6 Å². The monoisotopic (exact) mass is 522 g/mol. The topological polar surface area (TPSA) is 83.4 Å². The Bertz CT molecular complexity index is 1590. The summed E-state index contributed by atoms with van der Waals surface area (Å²) in [7, 11) is 0. The molecule has 0 saturated heterocycles. The average Bonchev–Trinajstić information content (AvgIpc) is 3.35. The van der Waals surface area contributed by atoms with Gasteiger partial charge < -0.3 is 20.4 Å². The third-order valence-electron chi connectivity index (χ3n) is 5.37. The van der Waals surface area contributed by atoms with Crippen molar-refractivity contribution in [2.24, 2.45) is 0 Å². The molecule has 3 N–H and O–H groups in total. The standard InChI is InChI=1S/C26H18ClF3N6O/c27-20-10-9-17(26(28,29)30)14-21(20)35-25(37)33-19-8-4-5-16(13-19)22-15-36-12-11-31-24(36)23(34-22)32-18-6-2-1-3-7-18/h1-15H,(H,32,34)(H2,33,35,37). The highest BCUT2D eigenvalue weighted by atomic mass is 35.5. The number of fused-ring (bicyclic) bond motifs is 1. The molecule has 0 saturated carbocycles. The van der Waals surface area contributed by atoms with E-state index < -0.39 is 17.8 Å². The highest BCUT2D eigenvalue weighted by Gasteiger charge is 2.31. The summed E-state index contributed by atoms with van der Waals surface area (Å²) in [5.74, 6) is 0.545. The molecule has 2 aromatic heterocycles. The molecule has 0 fully saturated rings. The number of nitrogens with zero attached hydrogens (tertiary/aromatic N) is 3. The zero-order valence-electron chi connectivity index (χ0n) is 18.9. The molecule has 186 valence electrons. The van der Waals surface area contributed by atoms with Crippen LogP contribution in [0.3, 0.4) is 0 Å². The van der Waals surface area contributed by atoms with Gasteiger partial charge in [0, 0.05) is 35.5 Å². The van der Waals surface area contributed by atoms with Crippen LogP contribution in [0.15, 0.2) is 91.4 Å². The smallest absolute Gasteiger partial charge is 0.337 e. The molecule has 5 aromatic rings. The molecule has 0 spiro atoms. The number of rotatable bonds is 5. The van der Waals surface area contributed by atoms with Crippen LogP contribution in [0.2, 0.25) is 5.02 Å². The van der Waals surface area contributed by atoms with Crippen LogP contribution in [-0.2, 0) is 6.18 Å². The molecule has 0 aliphatic carbocycles. The normalized spacial score (nSPS) is 11.4. The predicted molar refractivity (Wildman–Crippen MR) is 137 cm³/mol. The number of urea groups is 1. The Morgan fingerprint density at radius 3 is 2.49 bits per heavy atom. The Labute approximate surface area is 214 Å². The van der Waals surface area contributed by atoms with E-state index in [2.05, 4.69) is 20.9 Å². The number of nitrogens with one attached hydrogen (secondary N) is 3. The number of imidazole rings is 1. The molecule has 5 rings (SSSR count). The quantitative estimate of drug-likeness (QED) is 0.224. The van der Waals surface area contributed by atoms with Crippen LogP contribution in [0.5, 0.6) is 0 Å². The van der Waals surface area contributed by atoms with E-state index in [-0.39, 0.29) is 10.7 Å². The number of anilines is 4. The number of hydrogen-bond donors (Lipinski definition) is 3. The second kappa shape index (κ2) is 9.82. The van der Waals surface area contributed by atoms with E-state index >= 15 is 0 Å². The summed E-state index contributed by atoms with van der Waals surface area (Å²) in [4.78, 5) is 21.6. The Morgan fingerprint density at radius 1 is 0.919 bits per heavy atom. The van der Waals surface area contributed by atoms with Crippen molar-refractivity contribution in [3.63, 3.8) is 0 Å². The van der Waals surface area contributed by atoms with Gasteiger partial charge in [0.05, 0.1) is 22.0 Å². The van der Waals surface area contributed by atoms with Crippen molar-refractivity contribution in [3.05, 3.63) is 102 Å². The fourth-order valence-electron chi connectivity index (χ4n) is 3.65. The summed E-state index contributed by atoms with van der Waals surface area (Å²) < 4.78 is 40.9. The molecular weight excluding hydrogens is 505 g/mol. The minimum Gasteiger partial charge on any atom is -0.337 e. The summed E-state index contributed by atoms with van der Waals surface area (Å²) >= 11 is 5.98. The number of halogens is 4. The third-order valence-corrected chi connectivity index (χ3v) is 5.70. The summed E-state index contributed by atoms with van der Waals surface area (Å²) in [5.41, 5.74) is 2.11. The van der Waals surface area contributed by atoms with E-state index in [0.29, 0.717) is 28.4 Å². The number of para-hydroxylation sites is 1. The molecular formula is C26H18ClF3N6O. The molecule has 0 bridgehead atoms. The number of carbonyl (C=O) groups excluding carboxylic acids is 1. The molecule has 0 aliphatic heterocycles. The molecule has 3 aromatic carbocycles. The van der Waals surface area contributed by atoms with E-state index in [1.54, 1.807) is 36.8 Å². The van der Waals surface area contributed by atoms with Crippen molar-refractivity contribution in [3.8, 4) is 11.3 Å². The van der Waals surface area contributed by atoms with E-state index in [1.807, 2.05) is 40.8 Å². The van der Waals surface area contributed by atoms with Gasteiger partial charge >= 0.3 is 12.2 Å². The molecule has 2 amide bonds. The SMILES string of the molecule is O=C(Nc1cccc(-c2cn3ccnc3c(Nc3ccccc3)n2)c1)Nc1cc(C(F)(F)F)ccc1Cl. The second-order valence-electron chi connectivity index (χ2n) is 7.98. The van der Waals surface area contributed by atoms with Gasteiger partial charge in [0.15, 0.2) is 11.5 Å². The van der Waals surface area contributed by atoms with Crippen LogP contribution in [0.1, 0.15) is 5.56 Å². The zero-order valence-corrected chi connectivity index (χ0v) is 19.7. The van der Waals surface area contributed by atoms with Gasteiger partial charge in [-0.1, -0.05) is 41.9 Å². The van der Waals surface area contributed by atoms with Gasteiger partial charge in [0.25, 0.3) is 0 Å². The molecule has 7 nitrogen and oxygen atoms in total. The van der Waals surface area contributed by atoms with Crippen molar-refractivity contribution in [2.75, 3.05) is 16.0 Å². The van der Waals surface area contributed by atoms with Crippen molar-refractivity contribution < 1.29 is 18.0 Å². The lowest BCUT2D eigenvalue weighted by atomic mass is 10.1. The molecule has 0 radical (unpaired) electrons. The van der Waals surface area contributed by atoms with Gasteiger partial charge in [0.2, 0.25) is 0 Å². The summed E-state index contributed by atoms with van der Waals surface area (Å²) in [6.07, 6.45) is 0.701. The second-order valence-corrected chi connectivity index (χ2v) is 8.38. The van der Waals surface area contributed by atoms with Crippen LogP contribution in [0, 0.1) is 0 Å². The Morgan fingerprint density at radius 2 is 1.70 bits per heavy atom. The van der Waals surface area contributed by atoms with Crippen molar-refractivity contribution in [2.45, 2.75) is 6.18 Å². The minimum atomic E-state index is -4.57. The molecule has 37 heavy (non-hydrogen) atoms. The van der Waals surface area contributed by atoms with E-state index in [1.165, 1.54) is 0 Å². The lowest BCUT2D eigenvalue weighted by molar-refractivity contribution is -0.137. The Kier molecular flexibility index (Phi) is 6.41. The minimum absolute atomic E-state index is 0.0202. The molecule has 0 unspecified atom stereocenters. The summed E-state index contributed by atoms with van der Waals surface area (Å²) in [6.45, 7) is 0. The maximum atomic E-state index is 13.0. The van der Waals surface area contributed by atoms with Gasteiger partial charge in [-0.25, -0.2) is 14.8 Å². The van der Waals surface area contributed by atoms with Crippen LogP contribution in [0.4, 0.5) is 40.8 Å². The average molecular weight is 523 g/mol. The Balaban J connectivity index is 1.39. The van der Waals surface area contributed by atoms with Crippen LogP contribution in [0.25, 0.3) is 16.9 Å². The van der Waals surface area contributed by atoms with E-state index in [4.69, 9.17) is 16.6 Å². The molecule has 0 aliphatic rings. The molecule has 11 heteroatoms. The fourth-order valence-corrected chi connectivity index (χ4v) is 3.82. The lowest BCUT2D eigenvalue weighted by Gasteiger charge is -2.13. The zero-order chi connectivity index (χ0) is 26.0. The van der Waals surface area contributed by atoms with Crippen LogP contribution in [-0.4, -0.2) is 20.4 Å². The lowest BCUT2D eigenvalue weighted by Crippen LogP contribution is -2.20. The van der Waals surface area contributed by atoms with Gasteiger partial charge in [-0.05, 0) is 42.5 Å². The highest BCUT2D eigenvalue weighted by molar-refractivity contribution is 6.33. The van der Waals surface area contributed by atoms with Crippen molar-refractivity contribution in [1.82, 2.24) is 14.4 Å². The Hall–Kier alpha value is -4.57. The molecule has 0 atom stereocenters.